The maximum absolute atomic E-state index is 11.3. The first kappa shape index (κ1) is 17.7. The molecule has 0 amide bonds. The molecular formula is C20H29BO3. The van der Waals surface area contributed by atoms with Gasteiger partial charge in [-0.1, -0.05) is 30.3 Å². The normalized spacial score (nSPS) is 24.0. The van der Waals surface area contributed by atoms with E-state index in [1.807, 2.05) is 0 Å². The van der Waals surface area contributed by atoms with Gasteiger partial charge in [0.15, 0.2) is 0 Å². The van der Waals surface area contributed by atoms with Crippen molar-refractivity contribution >= 4 is 12.9 Å². The van der Waals surface area contributed by atoms with Gasteiger partial charge in [-0.25, -0.2) is 0 Å². The number of carbonyl (C=O) groups is 1. The highest BCUT2D eigenvalue weighted by atomic mass is 16.7. The summed E-state index contributed by atoms with van der Waals surface area (Å²) >= 11 is 0. The van der Waals surface area contributed by atoms with Crippen LogP contribution in [0.1, 0.15) is 58.9 Å². The highest BCUT2D eigenvalue weighted by Gasteiger charge is 2.53. The number of aryl methyl sites for hydroxylation is 1. The molecule has 0 aromatic heterocycles. The van der Waals surface area contributed by atoms with Gasteiger partial charge in [0.05, 0.1) is 11.2 Å². The molecule has 1 atom stereocenters. The number of hydrogen-bond acceptors (Lipinski definition) is 3. The van der Waals surface area contributed by atoms with Gasteiger partial charge in [0, 0.05) is 12.8 Å². The fourth-order valence-corrected chi connectivity index (χ4v) is 3.62. The van der Waals surface area contributed by atoms with Gasteiger partial charge in [0.1, 0.15) is 5.78 Å². The Balaban J connectivity index is 1.67. The van der Waals surface area contributed by atoms with Gasteiger partial charge in [-0.3, -0.25) is 4.79 Å². The van der Waals surface area contributed by atoms with Gasteiger partial charge < -0.3 is 9.31 Å². The molecule has 0 spiro atoms. The Bertz CT molecular complexity index is 558. The van der Waals surface area contributed by atoms with E-state index in [1.54, 1.807) is 0 Å². The highest BCUT2D eigenvalue weighted by Crippen LogP contribution is 2.44. The van der Waals surface area contributed by atoms with E-state index in [0.29, 0.717) is 17.5 Å². The van der Waals surface area contributed by atoms with E-state index in [-0.39, 0.29) is 18.3 Å². The van der Waals surface area contributed by atoms with Crippen LogP contribution in [0.15, 0.2) is 30.3 Å². The average Bonchev–Trinajstić information content (AvgIpc) is 2.70. The van der Waals surface area contributed by atoms with Crippen molar-refractivity contribution in [1.29, 1.82) is 0 Å². The van der Waals surface area contributed by atoms with Crippen LogP contribution in [-0.4, -0.2) is 24.1 Å². The van der Waals surface area contributed by atoms with Gasteiger partial charge in [0.2, 0.25) is 0 Å². The lowest BCUT2D eigenvalue weighted by Crippen LogP contribution is -2.41. The quantitative estimate of drug-likeness (QED) is 0.724. The first-order valence-electron chi connectivity index (χ1n) is 9.18. The smallest absolute Gasteiger partial charge is 0.403 e. The Morgan fingerprint density at radius 2 is 1.67 bits per heavy atom. The summed E-state index contributed by atoms with van der Waals surface area (Å²) in [5.41, 5.74) is 0.764. The van der Waals surface area contributed by atoms with Crippen molar-refractivity contribution in [2.75, 3.05) is 0 Å². The Hall–Kier alpha value is -1.13. The summed E-state index contributed by atoms with van der Waals surface area (Å²) in [5.74, 6) is 1.25. The van der Waals surface area contributed by atoms with Crippen LogP contribution >= 0.6 is 0 Å². The molecule has 24 heavy (non-hydrogen) atoms. The maximum atomic E-state index is 11.3. The summed E-state index contributed by atoms with van der Waals surface area (Å²) in [4.78, 5) is 11.3. The third kappa shape index (κ3) is 3.75. The first-order valence-corrected chi connectivity index (χ1v) is 9.18. The summed E-state index contributed by atoms with van der Waals surface area (Å²) in [6.07, 6.45) is 4.56. The minimum absolute atomic E-state index is 0.172. The van der Waals surface area contributed by atoms with Crippen LogP contribution in [-0.2, 0) is 20.5 Å². The van der Waals surface area contributed by atoms with E-state index in [9.17, 15) is 4.79 Å². The fourth-order valence-electron chi connectivity index (χ4n) is 3.62. The van der Waals surface area contributed by atoms with Crippen LogP contribution in [0, 0.1) is 5.92 Å². The zero-order chi connectivity index (χ0) is 17.4. The molecule has 0 N–H and O–H groups in total. The molecule has 0 radical (unpaired) electrons. The van der Waals surface area contributed by atoms with Crippen LogP contribution in [0.4, 0.5) is 0 Å². The molecule has 1 aromatic carbocycles. The van der Waals surface area contributed by atoms with Gasteiger partial charge in [-0.2, -0.15) is 0 Å². The van der Waals surface area contributed by atoms with E-state index in [0.717, 1.165) is 32.1 Å². The monoisotopic (exact) mass is 328 g/mol. The van der Waals surface area contributed by atoms with Crippen LogP contribution < -0.4 is 0 Å². The second kappa shape index (κ2) is 6.64. The summed E-state index contributed by atoms with van der Waals surface area (Å²) in [6, 6.07) is 10.6. The van der Waals surface area contributed by atoms with E-state index >= 15 is 0 Å². The fraction of sp³-hybridized carbons (Fsp3) is 0.650. The van der Waals surface area contributed by atoms with E-state index in [4.69, 9.17) is 9.31 Å². The molecule has 1 aliphatic carbocycles. The molecule has 130 valence electrons. The molecule has 0 bridgehead atoms. The topological polar surface area (TPSA) is 35.5 Å². The van der Waals surface area contributed by atoms with E-state index in [1.165, 1.54) is 5.56 Å². The Morgan fingerprint density at radius 1 is 1.08 bits per heavy atom. The molecule has 3 nitrogen and oxygen atoms in total. The number of hydrogen-bond donors (Lipinski definition) is 0. The minimum atomic E-state index is -0.294. The molecule has 1 heterocycles. The molecule has 1 aliphatic heterocycles. The molecule has 2 fully saturated rings. The zero-order valence-corrected chi connectivity index (χ0v) is 15.4. The molecule has 2 aliphatic rings. The Labute approximate surface area is 146 Å². The van der Waals surface area contributed by atoms with Crippen molar-refractivity contribution in [3.8, 4) is 0 Å². The van der Waals surface area contributed by atoms with Crippen molar-refractivity contribution in [3.05, 3.63) is 35.9 Å². The molecule has 1 saturated heterocycles. The predicted octanol–water partition coefficient (Wildman–Crippen LogP) is 4.45. The largest absolute Gasteiger partial charge is 0.461 e. The summed E-state index contributed by atoms with van der Waals surface area (Å²) in [6.45, 7) is 8.42. The molecule has 1 aromatic rings. The number of ketones is 1. The van der Waals surface area contributed by atoms with E-state index < -0.39 is 0 Å². The van der Waals surface area contributed by atoms with Crippen LogP contribution in [0.5, 0.6) is 0 Å². The van der Waals surface area contributed by atoms with Gasteiger partial charge in [0.25, 0.3) is 0 Å². The second-order valence-corrected chi connectivity index (χ2v) is 8.46. The highest BCUT2D eigenvalue weighted by molar-refractivity contribution is 6.47. The SMILES string of the molecule is CC1(C)OB([C@H](CCc2ccccc2)CC2CC(=O)C2)OC1(C)C. The van der Waals surface area contributed by atoms with Crippen molar-refractivity contribution in [1.82, 2.24) is 0 Å². The number of rotatable bonds is 6. The van der Waals surface area contributed by atoms with Crippen molar-refractivity contribution < 1.29 is 14.1 Å². The Kier molecular flexibility index (Phi) is 4.90. The standard InChI is InChI=1S/C20H29BO3/c1-19(2)20(3,4)24-21(23-19)17(12-16-13-18(22)14-16)11-10-15-8-6-5-7-9-15/h5-9,16-17H,10-14H2,1-4H3/t17-/m1/s1. The molecule has 4 heteroatoms. The lowest BCUT2D eigenvalue weighted by atomic mass is 9.62. The first-order chi connectivity index (χ1) is 11.3. The third-order valence-electron chi connectivity index (χ3n) is 5.97. The lowest BCUT2D eigenvalue weighted by molar-refractivity contribution is -0.127. The van der Waals surface area contributed by atoms with E-state index in [2.05, 4.69) is 58.0 Å². The number of benzene rings is 1. The number of Topliss-reactive ketones (excluding diaryl/α,β-unsaturated/α-hetero) is 1. The Morgan fingerprint density at radius 3 is 2.21 bits per heavy atom. The summed E-state index contributed by atoms with van der Waals surface area (Å²) in [5, 5.41) is 0. The maximum Gasteiger partial charge on any atom is 0.461 e. The van der Waals surface area contributed by atoms with Crippen molar-refractivity contribution in [3.63, 3.8) is 0 Å². The average molecular weight is 328 g/mol. The predicted molar refractivity (Wildman–Crippen MR) is 96.9 cm³/mol. The molecule has 0 unspecified atom stereocenters. The number of carbonyl (C=O) groups excluding carboxylic acids is 1. The van der Waals surface area contributed by atoms with Crippen LogP contribution in [0.2, 0.25) is 5.82 Å². The van der Waals surface area contributed by atoms with Gasteiger partial charge in [-0.15, -0.1) is 0 Å². The molecule has 3 rings (SSSR count). The zero-order valence-electron chi connectivity index (χ0n) is 15.4. The molecule has 1 saturated carbocycles. The van der Waals surface area contributed by atoms with Crippen molar-refractivity contribution in [2.45, 2.75) is 76.8 Å². The van der Waals surface area contributed by atoms with Gasteiger partial charge in [-0.05, 0) is 64.3 Å². The summed E-state index contributed by atoms with van der Waals surface area (Å²) in [7, 11) is -0.172. The van der Waals surface area contributed by atoms with Crippen LogP contribution in [0.25, 0.3) is 0 Å². The van der Waals surface area contributed by atoms with Crippen LogP contribution in [0.3, 0.4) is 0 Å². The van der Waals surface area contributed by atoms with Gasteiger partial charge >= 0.3 is 7.12 Å². The molecular weight excluding hydrogens is 299 g/mol. The lowest BCUT2D eigenvalue weighted by Gasteiger charge is -2.32. The summed E-state index contributed by atoms with van der Waals surface area (Å²) < 4.78 is 12.6. The second-order valence-electron chi connectivity index (χ2n) is 8.46. The minimum Gasteiger partial charge on any atom is -0.403 e. The van der Waals surface area contributed by atoms with Crippen molar-refractivity contribution in [2.24, 2.45) is 5.92 Å². The third-order valence-corrected chi connectivity index (χ3v) is 5.97.